The van der Waals surface area contributed by atoms with Crippen LogP contribution >= 0.6 is 0 Å². The minimum absolute atomic E-state index is 0.183. The zero-order chi connectivity index (χ0) is 12.8. The molecule has 7 heteroatoms. The molecule has 4 heterocycles. The minimum Gasteiger partial charge on any atom is -0.487 e. The lowest BCUT2D eigenvalue weighted by Crippen LogP contribution is -2.56. The van der Waals surface area contributed by atoms with E-state index in [1.165, 1.54) is 6.33 Å². The molecule has 0 amide bonds. The molecule has 2 N–H and O–H groups in total. The van der Waals surface area contributed by atoms with Gasteiger partial charge in [-0.05, 0) is 0 Å². The summed E-state index contributed by atoms with van der Waals surface area (Å²) in [6.45, 7) is 3.23. The van der Waals surface area contributed by atoms with E-state index < -0.39 is 0 Å². The Morgan fingerprint density at radius 3 is 3.32 bits per heavy atom. The average molecular weight is 259 g/mol. The maximum absolute atomic E-state index is 12.0. The summed E-state index contributed by atoms with van der Waals surface area (Å²) in [5.41, 5.74) is 0.383. The predicted molar refractivity (Wildman–Crippen MR) is 69.7 cm³/mol. The Bertz CT molecular complexity index is 698. The number of anilines is 1. The van der Waals surface area contributed by atoms with E-state index >= 15 is 0 Å². The number of aromatic nitrogens is 3. The molecule has 4 rings (SSSR count). The van der Waals surface area contributed by atoms with Gasteiger partial charge in [-0.25, -0.2) is 9.97 Å². The first-order chi connectivity index (χ1) is 9.34. The van der Waals surface area contributed by atoms with E-state index in [9.17, 15) is 4.79 Å². The third-order valence-corrected chi connectivity index (χ3v) is 3.66. The third-order valence-electron chi connectivity index (χ3n) is 3.66. The molecule has 2 aromatic rings. The molecule has 0 saturated carbocycles. The molecule has 1 unspecified atom stereocenters. The van der Waals surface area contributed by atoms with Crippen molar-refractivity contribution in [1.82, 2.24) is 20.3 Å². The average Bonchev–Trinajstić information content (AvgIpc) is 2.46. The number of H-pyrrole nitrogens is 1. The van der Waals surface area contributed by atoms with Crippen LogP contribution in [0, 0.1) is 0 Å². The predicted octanol–water partition coefficient (Wildman–Crippen LogP) is -0.511. The van der Waals surface area contributed by atoms with Crippen LogP contribution in [0.4, 0.5) is 5.82 Å². The molecule has 7 nitrogen and oxygen atoms in total. The summed E-state index contributed by atoms with van der Waals surface area (Å²) in [5, 5.41) is 3.82. The number of aromatic amines is 1. The second kappa shape index (κ2) is 3.92. The molecule has 0 radical (unpaired) electrons. The molecule has 1 atom stereocenters. The molecule has 0 aromatic carbocycles. The van der Waals surface area contributed by atoms with Gasteiger partial charge in [-0.1, -0.05) is 0 Å². The first-order valence-corrected chi connectivity index (χ1v) is 6.31. The summed E-state index contributed by atoms with van der Waals surface area (Å²) >= 11 is 0. The van der Waals surface area contributed by atoms with Crippen LogP contribution in [0.25, 0.3) is 10.9 Å². The van der Waals surface area contributed by atoms with Gasteiger partial charge in [-0.2, -0.15) is 0 Å². The Morgan fingerprint density at radius 2 is 2.37 bits per heavy atom. The van der Waals surface area contributed by atoms with Crippen molar-refractivity contribution in [2.24, 2.45) is 0 Å². The van der Waals surface area contributed by atoms with Crippen molar-refractivity contribution >= 4 is 16.7 Å². The fraction of sp³-hybridized carbons (Fsp3) is 0.417. The molecule has 1 saturated heterocycles. The lowest BCUT2D eigenvalue weighted by Gasteiger charge is -2.40. The highest BCUT2D eigenvalue weighted by Crippen LogP contribution is 2.36. The highest BCUT2D eigenvalue weighted by atomic mass is 16.5. The van der Waals surface area contributed by atoms with Crippen molar-refractivity contribution in [2.75, 3.05) is 31.1 Å². The quantitative estimate of drug-likeness (QED) is 0.663. The Hall–Kier alpha value is -2.15. The Morgan fingerprint density at radius 1 is 1.42 bits per heavy atom. The van der Waals surface area contributed by atoms with Crippen molar-refractivity contribution < 1.29 is 4.74 Å². The fourth-order valence-corrected chi connectivity index (χ4v) is 2.73. The zero-order valence-electron chi connectivity index (χ0n) is 10.2. The Balaban J connectivity index is 1.96. The van der Waals surface area contributed by atoms with E-state index in [-0.39, 0.29) is 11.6 Å². The van der Waals surface area contributed by atoms with Gasteiger partial charge in [0.25, 0.3) is 5.56 Å². The molecule has 2 aromatic heterocycles. The first-order valence-electron chi connectivity index (χ1n) is 6.31. The maximum Gasteiger partial charge on any atom is 0.262 e. The summed E-state index contributed by atoms with van der Waals surface area (Å²) in [6, 6.07) is 0.280. The van der Waals surface area contributed by atoms with Crippen LogP contribution < -0.4 is 20.5 Å². The molecule has 19 heavy (non-hydrogen) atoms. The van der Waals surface area contributed by atoms with Gasteiger partial charge < -0.3 is 19.9 Å². The molecular weight excluding hydrogens is 246 g/mol. The van der Waals surface area contributed by atoms with Crippen molar-refractivity contribution in [3.8, 4) is 5.75 Å². The van der Waals surface area contributed by atoms with E-state index in [0.29, 0.717) is 23.3 Å². The second-order valence-electron chi connectivity index (χ2n) is 4.77. The van der Waals surface area contributed by atoms with Gasteiger partial charge >= 0.3 is 0 Å². The van der Waals surface area contributed by atoms with E-state index in [0.717, 1.165) is 25.5 Å². The number of hydrogen-bond donors (Lipinski definition) is 2. The third kappa shape index (κ3) is 1.51. The Kier molecular flexibility index (Phi) is 2.22. The SMILES string of the molecule is O=c1[nH]cnc2cnc3c(c12)OCC1CNCCN31. The number of rotatable bonds is 0. The van der Waals surface area contributed by atoms with Gasteiger partial charge in [0.05, 0.1) is 24.1 Å². The lowest BCUT2D eigenvalue weighted by atomic mass is 10.1. The molecular formula is C12H13N5O2. The molecule has 0 spiro atoms. The maximum atomic E-state index is 12.0. The number of ether oxygens (including phenoxy) is 1. The Labute approximate surface area is 108 Å². The summed E-state index contributed by atoms with van der Waals surface area (Å²) in [4.78, 5) is 25.3. The zero-order valence-corrected chi connectivity index (χ0v) is 10.2. The van der Waals surface area contributed by atoms with E-state index in [1.54, 1.807) is 6.20 Å². The molecule has 0 bridgehead atoms. The molecule has 1 fully saturated rings. The van der Waals surface area contributed by atoms with Crippen molar-refractivity contribution in [2.45, 2.75) is 6.04 Å². The van der Waals surface area contributed by atoms with Gasteiger partial charge in [-0.15, -0.1) is 0 Å². The molecule has 2 aliphatic heterocycles. The highest BCUT2D eigenvalue weighted by molar-refractivity contribution is 5.88. The topological polar surface area (TPSA) is 83.1 Å². The van der Waals surface area contributed by atoms with Crippen LogP contribution in [0.1, 0.15) is 0 Å². The van der Waals surface area contributed by atoms with Crippen molar-refractivity contribution in [3.05, 3.63) is 22.9 Å². The van der Waals surface area contributed by atoms with Gasteiger partial charge in [0.15, 0.2) is 11.6 Å². The number of nitrogens with one attached hydrogen (secondary N) is 2. The van der Waals surface area contributed by atoms with Gasteiger partial charge in [0.1, 0.15) is 12.0 Å². The smallest absolute Gasteiger partial charge is 0.262 e. The van der Waals surface area contributed by atoms with Crippen LogP contribution in [-0.2, 0) is 0 Å². The number of pyridine rings is 1. The highest BCUT2D eigenvalue weighted by Gasteiger charge is 2.32. The summed E-state index contributed by atoms with van der Waals surface area (Å²) in [5.74, 6) is 1.31. The van der Waals surface area contributed by atoms with Crippen LogP contribution in [0.3, 0.4) is 0 Å². The lowest BCUT2D eigenvalue weighted by molar-refractivity contribution is 0.247. The van der Waals surface area contributed by atoms with Gasteiger partial charge in [-0.3, -0.25) is 4.79 Å². The van der Waals surface area contributed by atoms with Gasteiger partial charge in [0.2, 0.25) is 0 Å². The van der Waals surface area contributed by atoms with Crippen LogP contribution in [0.2, 0.25) is 0 Å². The van der Waals surface area contributed by atoms with E-state index in [4.69, 9.17) is 4.74 Å². The summed E-state index contributed by atoms with van der Waals surface area (Å²) in [6.07, 6.45) is 3.02. The first kappa shape index (κ1) is 10.7. The minimum atomic E-state index is -0.183. The monoisotopic (exact) mass is 259 g/mol. The number of hydrogen-bond acceptors (Lipinski definition) is 6. The van der Waals surface area contributed by atoms with E-state index in [2.05, 4.69) is 25.2 Å². The van der Waals surface area contributed by atoms with Crippen LogP contribution in [0.15, 0.2) is 17.3 Å². The molecule has 0 aliphatic carbocycles. The summed E-state index contributed by atoms with van der Waals surface area (Å²) < 4.78 is 5.78. The van der Waals surface area contributed by atoms with Crippen molar-refractivity contribution in [3.63, 3.8) is 0 Å². The standard InChI is InChI=1S/C12H13N5O2/c18-12-9-8(15-6-16-12)4-14-11-10(9)19-5-7-3-13-1-2-17(7)11/h4,6-7,13H,1-3,5H2,(H,15,16,18). The van der Waals surface area contributed by atoms with E-state index in [1.807, 2.05) is 0 Å². The number of fused-ring (bicyclic) bond motifs is 5. The fourth-order valence-electron chi connectivity index (χ4n) is 2.73. The largest absolute Gasteiger partial charge is 0.487 e. The van der Waals surface area contributed by atoms with Gasteiger partial charge in [0, 0.05) is 19.6 Å². The van der Waals surface area contributed by atoms with Crippen LogP contribution in [-0.4, -0.2) is 47.2 Å². The second-order valence-corrected chi connectivity index (χ2v) is 4.77. The number of nitrogens with zero attached hydrogens (tertiary/aromatic N) is 3. The van der Waals surface area contributed by atoms with Crippen molar-refractivity contribution in [1.29, 1.82) is 0 Å². The van der Waals surface area contributed by atoms with Crippen LogP contribution in [0.5, 0.6) is 5.75 Å². The molecule has 98 valence electrons. The summed E-state index contributed by atoms with van der Waals surface area (Å²) in [7, 11) is 0. The normalized spacial score (nSPS) is 21.7. The number of piperazine rings is 1. The molecule has 2 aliphatic rings.